The van der Waals surface area contributed by atoms with Crippen molar-refractivity contribution in [3.8, 4) is 0 Å². The van der Waals surface area contributed by atoms with Crippen molar-refractivity contribution in [3.05, 3.63) is 64.2 Å². The predicted octanol–water partition coefficient (Wildman–Crippen LogP) is 4.05. The number of nitrogens with zero attached hydrogens (tertiary/aromatic N) is 2. The average Bonchev–Trinajstić information content (AvgIpc) is 2.76. The first-order valence-corrected chi connectivity index (χ1v) is 13.5. The third-order valence-electron chi connectivity index (χ3n) is 5.77. The maximum absolute atomic E-state index is 13.6. The van der Waals surface area contributed by atoms with Crippen LogP contribution in [0.15, 0.2) is 42.5 Å². The van der Waals surface area contributed by atoms with Crippen LogP contribution in [-0.2, 0) is 26.2 Å². The van der Waals surface area contributed by atoms with E-state index in [1.54, 1.807) is 50.2 Å². The second-order valence-electron chi connectivity index (χ2n) is 8.67. The highest BCUT2D eigenvalue weighted by molar-refractivity contribution is 7.92. The van der Waals surface area contributed by atoms with Crippen molar-refractivity contribution in [2.24, 2.45) is 0 Å². The summed E-state index contributed by atoms with van der Waals surface area (Å²) in [4.78, 5) is 27.8. The van der Waals surface area contributed by atoms with Gasteiger partial charge in [0.2, 0.25) is 21.8 Å². The Kier molecular flexibility index (Phi) is 9.53. The number of hydrogen-bond donors (Lipinski definition) is 1. The number of carbonyl (C=O) groups excluding carboxylic acids is 2. The van der Waals surface area contributed by atoms with Crippen molar-refractivity contribution in [1.29, 1.82) is 0 Å². The van der Waals surface area contributed by atoms with Crippen molar-refractivity contribution >= 4 is 39.1 Å². The van der Waals surface area contributed by atoms with Gasteiger partial charge in [-0.15, -0.1) is 0 Å². The summed E-state index contributed by atoms with van der Waals surface area (Å²) in [6.07, 6.45) is 1.81. The maximum Gasteiger partial charge on any atom is 0.244 e. The molecule has 2 atom stereocenters. The standard InChI is InChI=1S/C25H34ClN3O4S/c1-7-19(4)27-25(31)20(5)28(15-21-10-8-9-11-22(21)26)24(30)16-29(34(6,32)33)23-13-12-17(2)14-18(23)3/h8-14,19-20H,7,15-16H2,1-6H3,(H,27,31)/t19-,20-/m0/s1. The highest BCUT2D eigenvalue weighted by Crippen LogP contribution is 2.25. The lowest BCUT2D eigenvalue weighted by molar-refractivity contribution is -0.139. The van der Waals surface area contributed by atoms with E-state index in [4.69, 9.17) is 11.6 Å². The molecule has 0 aliphatic rings. The molecule has 1 N–H and O–H groups in total. The molecule has 0 spiro atoms. The van der Waals surface area contributed by atoms with Gasteiger partial charge in [0.15, 0.2) is 0 Å². The van der Waals surface area contributed by atoms with Gasteiger partial charge in [0.25, 0.3) is 0 Å². The Morgan fingerprint density at radius 1 is 1.09 bits per heavy atom. The first-order chi connectivity index (χ1) is 15.8. The van der Waals surface area contributed by atoms with Crippen molar-refractivity contribution in [1.82, 2.24) is 10.2 Å². The topological polar surface area (TPSA) is 86.8 Å². The number of amides is 2. The highest BCUT2D eigenvalue weighted by Gasteiger charge is 2.31. The zero-order valence-electron chi connectivity index (χ0n) is 20.6. The molecule has 9 heteroatoms. The van der Waals surface area contributed by atoms with E-state index in [0.29, 0.717) is 16.3 Å². The summed E-state index contributed by atoms with van der Waals surface area (Å²) in [5, 5.41) is 3.36. The fourth-order valence-corrected chi connectivity index (χ4v) is 4.64. The number of sulfonamides is 1. The first-order valence-electron chi connectivity index (χ1n) is 11.2. The van der Waals surface area contributed by atoms with Crippen LogP contribution in [0.1, 0.15) is 43.9 Å². The molecule has 0 heterocycles. The molecule has 0 aliphatic heterocycles. The second-order valence-corrected chi connectivity index (χ2v) is 11.0. The van der Waals surface area contributed by atoms with Gasteiger partial charge >= 0.3 is 0 Å². The highest BCUT2D eigenvalue weighted by atomic mass is 35.5. The van der Waals surface area contributed by atoms with Gasteiger partial charge in [-0.25, -0.2) is 8.42 Å². The largest absolute Gasteiger partial charge is 0.352 e. The van der Waals surface area contributed by atoms with Crippen molar-refractivity contribution < 1.29 is 18.0 Å². The Morgan fingerprint density at radius 2 is 1.74 bits per heavy atom. The fourth-order valence-electron chi connectivity index (χ4n) is 3.54. The summed E-state index contributed by atoms with van der Waals surface area (Å²) in [6, 6.07) is 11.5. The molecule has 0 aromatic heterocycles. The number of benzene rings is 2. The van der Waals surface area contributed by atoms with Crippen LogP contribution in [0.3, 0.4) is 0 Å². The van der Waals surface area contributed by atoms with Gasteiger partial charge in [-0.3, -0.25) is 13.9 Å². The Bertz CT molecular complexity index is 1140. The third kappa shape index (κ3) is 7.21. The Balaban J connectivity index is 2.43. The number of hydrogen-bond acceptors (Lipinski definition) is 4. The summed E-state index contributed by atoms with van der Waals surface area (Å²) in [6.45, 7) is 8.82. The lowest BCUT2D eigenvalue weighted by Gasteiger charge is -2.32. The van der Waals surface area contributed by atoms with Crippen molar-refractivity contribution in [3.63, 3.8) is 0 Å². The minimum atomic E-state index is -3.77. The molecule has 0 unspecified atom stereocenters. The quantitative estimate of drug-likeness (QED) is 0.525. The monoisotopic (exact) mass is 507 g/mol. The van der Waals surface area contributed by atoms with Crippen LogP contribution in [0, 0.1) is 13.8 Å². The smallest absolute Gasteiger partial charge is 0.244 e. The van der Waals surface area contributed by atoms with Crippen LogP contribution in [-0.4, -0.2) is 50.0 Å². The molecule has 0 saturated heterocycles. The SMILES string of the molecule is CC[C@H](C)NC(=O)[C@H](C)N(Cc1ccccc1Cl)C(=O)CN(c1ccc(C)cc1C)S(C)(=O)=O. The van der Waals surface area contributed by atoms with Gasteiger partial charge in [-0.1, -0.05) is 54.4 Å². The number of anilines is 1. The van der Waals surface area contributed by atoms with Crippen LogP contribution in [0.4, 0.5) is 5.69 Å². The lowest BCUT2D eigenvalue weighted by Crippen LogP contribution is -2.52. The summed E-state index contributed by atoms with van der Waals surface area (Å²) in [5.41, 5.74) is 2.81. The Hall–Kier alpha value is -2.58. The van der Waals surface area contributed by atoms with Crippen LogP contribution in [0.2, 0.25) is 5.02 Å². The molecular formula is C25H34ClN3O4S. The van der Waals surface area contributed by atoms with Gasteiger partial charge in [-0.05, 0) is 57.4 Å². The molecule has 34 heavy (non-hydrogen) atoms. The number of halogens is 1. The summed E-state index contributed by atoms with van der Waals surface area (Å²) in [7, 11) is -3.77. The van der Waals surface area contributed by atoms with E-state index in [0.717, 1.165) is 28.1 Å². The molecular weight excluding hydrogens is 474 g/mol. The van der Waals surface area contributed by atoms with Crippen LogP contribution in [0.25, 0.3) is 0 Å². The third-order valence-corrected chi connectivity index (χ3v) is 7.26. The lowest BCUT2D eigenvalue weighted by atomic mass is 10.1. The maximum atomic E-state index is 13.6. The number of nitrogens with one attached hydrogen (secondary N) is 1. The van der Waals surface area contributed by atoms with E-state index < -0.39 is 28.5 Å². The van der Waals surface area contributed by atoms with Crippen LogP contribution < -0.4 is 9.62 Å². The zero-order chi connectivity index (χ0) is 25.6. The molecule has 0 saturated carbocycles. The molecule has 2 amide bonds. The van der Waals surface area contributed by atoms with E-state index in [1.807, 2.05) is 26.8 Å². The molecule has 2 rings (SSSR count). The second kappa shape index (κ2) is 11.7. The molecule has 2 aromatic rings. The van der Waals surface area contributed by atoms with Crippen molar-refractivity contribution in [2.45, 2.75) is 59.7 Å². The number of carbonyl (C=O) groups is 2. The summed E-state index contributed by atoms with van der Waals surface area (Å²) >= 11 is 6.33. The first kappa shape index (κ1) is 27.7. The van der Waals surface area contributed by atoms with E-state index in [-0.39, 0.29) is 18.5 Å². The van der Waals surface area contributed by atoms with Gasteiger partial charge in [0.1, 0.15) is 12.6 Å². The van der Waals surface area contributed by atoms with Gasteiger partial charge < -0.3 is 10.2 Å². The number of rotatable bonds is 10. The minimum Gasteiger partial charge on any atom is -0.352 e. The van der Waals surface area contributed by atoms with Gasteiger partial charge in [0.05, 0.1) is 11.9 Å². The molecule has 2 aromatic carbocycles. The molecule has 7 nitrogen and oxygen atoms in total. The summed E-state index contributed by atoms with van der Waals surface area (Å²) in [5.74, 6) is -0.815. The number of aryl methyl sites for hydroxylation is 2. The predicted molar refractivity (Wildman–Crippen MR) is 137 cm³/mol. The van der Waals surface area contributed by atoms with E-state index in [1.165, 1.54) is 4.90 Å². The fraction of sp³-hybridized carbons (Fsp3) is 0.440. The molecule has 0 radical (unpaired) electrons. The molecule has 0 fully saturated rings. The van der Waals surface area contributed by atoms with Crippen LogP contribution in [0.5, 0.6) is 0 Å². The van der Waals surface area contributed by atoms with E-state index in [9.17, 15) is 18.0 Å². The van der Waals surface area contributed by atoms with E-state index in [2.05, 4.69) is 5.32 Å². The Labute approximate surface area is 208 Å². The Morgan fingerprint density at radius 3 is 2.29 bits per heavy atom. The van der Waals surface area contributed by atoms with Crippen LogP contribution >= 0.6 is 11.6 Å². The molecule has 0 bridgehead atoms. The summed E-state index contributed by atoms with van der Waals surface area (Å²) < 4.78 is 26.5. The molecule has 0 aliphatic carbocycles. The molecule has 186 valence electrons. The zero-order valence-corrected chi connectivity index (χ0v) is 22.2. The average molecular weight is 508 g/mol. The van der Waals surface area contributed by atoms with Gasteiger partial charge in [-0.2, -0.15) is 0 Å². The van der Waals surface area contributed by atoms with Gasteiger partial charge in [0, 0.05) is 17.6 Å². The van der Waals surface area contributed by atoms with Crippen molar-refractivity contribution in [2.75, 3.05) is 17.1 Å². The normalized spacial score (nSPS) is 13.1. The van der Waals surface area contributed by atoms with E-state index >= 15 is 0 Å². The minimum absolute atomic E-state index is 0.0602.